The van der Waals surface area contributed by atoms with E-state index in [1.165, 1.54) is 6.42 Å². The fourth-order valence-electron chi connectivity index (χ4n) is 6.32. The molecule has 32 heavy (non-hydrogen) atoms. The van der Waals surface area contributed by atoms with Gasteiger partial charge in [0.1, 0.15) is 0 Å². The Labute approximate surface area is 192 Å². The van der Waals surface area contributed by atoms with Crippen molar-refractivity contribution < 1.29 is 13.9 Å². The van der Waals surface area contributed by atoms with Crippen LogP contribution in [0.2, 0.25) is 0 Å². The molecule has 0 radical (unpaired) electrons. The summed E-state index contributed by atoms with van der Waals surface area (Å²) in [6, 6.07) is 13.5. The highest BCUT2D eigenvalue weighted by molar-refractivity contribution is 8.22. The first-order valence-corrected chi connectivity index (χ1v) is 13.1. The van der Waals surface area contributed by atoms with Crippen molar-refractivity contribution in [1.29, 1.82) is 0 Å². The maximum atomic E-state index is 13.2. The Morgan fingerprint density at radius 1 is 1.09 bits per heavy atom. The van der Waals surface area contributed by atoms with Crippen LogP contribution in [-0.2, 0) is 13.1 Å². The number of carbonyl (C=O) groups excluding carboxylic acids is 1. The largest absolute Gasteiger partial charge is 0.349 e. The number of fused-ring (bicyclic) bond motifs is 3. The van der Waals surface area contributed by atoms with E-state index in [9.17, 15) is 13.9 Å². The summed E-state index contributed by atoms with van der Waals surface area (Å²) in [5.41, 5.74) is 3.84. The van der Waals surface area contributed by atoms with E-state index in [0.29, 0.717) is 29.5 Å². The van der Waals surface area contributed by atoms with E-state index in [0.717, 1.165) is 29.5 Å². The Kier molecular flexibility index (Phi) is 5.02. The van der Waals surface area contributed by atoms with E-state index < -0.39 is 10.8 Å². The molecule has 0 spiro atoms. The van der Waals surface area contributed by atoms with Gasteiger partial charge in [0.25, 0.3) is 5.91 Å². The quantitative estimate of drug-likeness (QED) is 0.531. The van der Waals surface area contributed by atoms with Gasteiger partial charge in [0.05, 0.1) is 4.90 Å². The number of aryl methyl sites for hydroxylation is 1. The van der Waals surface area contributed by atoms with E-state index in [1.54, 1.807) is 16.4 Å². The van der Waals surface area contributed by atoms with Gasteiger partial charge in [-0.2, -0.15) is 4.31 Å². The summed E-state index contributed by atoms with van der Waals surface area (Å²) in [5, 5.41) is 3.30. The molecule has 1 heterocycles. The molecule has 0 saturated heterocycles. The summed E-state index contributed by atoms with van der Waals surface area (Å²) in [4.78, 5) is 13.7. The van der Waals surface area contributed by atoms with Gasteiger partial charge < -0.3 is 5.32 Å². The van der Waals surface area contributed by atoms with Crippen LogP contribution in [-0.4, -0.2) is 25.4 Å². The molecule has 5 rings (SSSR count). The first kappa shape index (κ1) is 22.0. The van der Waals surface area contributed by atoms with Gasteiger partial charge in [-0.15, -0.1) is 10.8 Å². The highest BCUT2D eigenvalue weighted by Crippen LogP contribution is 2.65. The molecular weight excluding hydrogens is 420 g/mol. The van der Waals surface area contributed by atoms with Crippen molar-refractivity contribution in [3.63, 3.8) is 0 Å². The van der Waals surface area contributed by atoms with Crippen molar-refractivity contribution in [1.82, 2.24) is 9.62 Å². The minimum Gasteiger partial charge on any atom is -0.349 e. The Morgan fingerprint density at radius 2 is 1.75 bits per heavy atom. The molecule has 2 aliphatic carbocycles. The standard InChI is InChI=1S/C26H34N2O3S/c1-17-9-10-18(24(29)27-23-14-21-11-12-26(23,4)25(21,2)3)13-22(17)32(30,31)28-15-19-7-5-6-8-20(19)16-28/h5-10,13,21,23,30-31H,11-12,14-16H2,1-4H3,(H,27,29)/t21-,23?,26-/m1/s1. The highest BCUT2D eigenvalue weighted by atomic mass is 32.3. The average molecular weight is 455 g/mol. The topological polar surface area (TPSA) is 72.8 Å². The number of nitrogens with one attached hydrogen (secondary N) is 1. The minimum atomic E-state index is -3.21. The van der Waals surface area contributed by atoms with Crippen molar-refractivity contribution in [2.75, 3.05) is 0 Å². The number of rotatable bonds is 4. The molecule has 0 aromatic heterocycles. The van der Waals surface area contributed by atoms with Crippen LogP contribution in [0, 0.1) is 23.7 Å². The predicted octanol–water partition coefficient (Wildman–Crippen LogP) is 5.98. The molecule has 3 atom stereocenters. The molecule has 3 N–H and O–H groups in total. The Morgan fingerprint density at radius 3 is 2.31 bits per heavy atom. The van der Waals surface area contributed by atoms with Gasteiger partial charge in [0.2, 0.25) is 0 Å². The van der Waals surface area contributed by atoms with Gasteiger partial charge in [-0.1, -0.05) is 51.1 Å². The van der Waals surface area contributed by atoms with E-state index in [1.807, 2.05) is 37.3 Å². The predicted molar refractivity (Wildman–Crippen MR) is 128 cm³/mol. The second-order valence-electron chi connectivity index (χ2n) is 10.7. The van der Waals surface area contributed by atoms with E-state index in [2.05, 4.69) is 26.1 Å². The third kappa shape index (κ3) is 3.15. The van der Waals surface area contributed by atoms with Gasteiger partial charge in [-0.25, -0.2) is 0 Å². The van der Waals surface area contributed by atoms with E-state index in [-0.39, 0.29) is 22.8 Å². The van der Waals surface area contributed by atoms with Crippen LogP contribution in [0.1, 0.15) is 67.1 Å². The van der Waals surface area contributed by atoms with Crippen molar-refractivity contribution in [3.05, 3.63) is 64.7 Å². The zero-order valence-corrected chi connectivity index (χ0v) is 20.2. The summed E-state index contributed by atoms with van der Waals surface area (Å²) in [5.74, 6) is 0.524. The Balaban J connectivity index is 1.38. The molecule has 2 fully saturated rings. The average Bonchev–Trinajstić information content (AvgIpc) is 3.34. The fraction of sp³-hybridized carbons (Fsp3) is 0.500. The number of nitrogens with zero attached hydrogens (tertiary/aromatic N) is 1. The maximum absolute atomic E-state index is 13.2. The lowest BCUT2D eigenvalue weighted by molar-refractivity contribution is 0.0826. The Bertz CT molecular complexity index is 1060. The second-order valence-corrected chi connectivity index (χ2v) is 12.7. The molecule has 3 aliphatic rings. The molecule has 2 bridgehead atoms. The van der Waals surface area contributed by atoms with Crippen LogP contribution in [0.25, 0.3) is 0 Å². The van der Waals surface area contributed by atoms with Gasteiger partial charge in [-0.3, -0.25) is 13.9 Å². The van der Waals surface area contributed by atoms with Crippen molar-refractivity contribution in [3.8, 4) is 0 Å². The third-order valence-corrected chi connectivity index (χ3v) is 11.0. The van der Waals surface area contributed by atoms with Crippen LogP contribution in [0.3, 0.4) is 0 Å². The zero-order chi connectivity index (χ0) is 22.9. The first-order valence-electron chi connectivity index (χ1n) is 11.6. The van der Waals surface area contributed by atoms with Gasteiger partial charge in [0.15, 0.2) is 0 Å². The molecular formula is C26H34N2O3S. The molecule has 2 saturated carbocycles. The maximum Gasteiger partial charge on any atom is 0.251 e. The Hall–Kier alpha value is -1.86. The van der Waals surface area contributed by atoms with Gasteiger partial charge >= 0.3 is 0 Å². The number of benzene rings is 2. The molecule has 6 heteroatoms. The minimum absolute atomic E-state index is 0.102. The number of carbonyl (C=O) groups is 1. The summed E-state index contributed by atoms with van der Waals surface area (Å²) in [6.45, 7) is 9.84. The molecule has 2 aromatic rings. The summed E-state index contributed by atoms with van der Waals surface area (Å²) < 4.78 is 24.2. The zero-order valence-electron chi connectivity index (χ0n) is 19.4. The van der Waals surface area contributed by atoms with Crippen molar-refractivity contribution in [2.45, 2.75) is 71.0 Å². The second kappa shape index (κ2) is 7.32. The van der Waals surface area contributed by atoms with Gasteiger partial charge in [0, 0.05) is 24.7 Å². The number of amides is 1. The lowest BCUT2D eigenvalue weighted by Crippen LogP contribution is -2.46. The lowest BCUT2D eigenvalue weighted by atomic mass is 9.69. The van der Waals surface area contributed by atoms with Gasteiger partial charge in [-0.05, 0) is 71.8 Å². The number of hydrogen-bond donors (Lipinski definition) is 3. The van der Waals surface area contributed by atoms with Crippen LogP contribution >= 0.6 is 10.8 Å². The van der Waals surface area contributed by atoms with Crippen LogP contribution < -0.4 is 5.32 Å². The van der Waals surface area contributed by atoms with Crippen LogP contribution in [0.15, 0.2) is 47.4 Å². The fourth-order valence-corrected chi connectivity index (χ4v) is 8.02. The molecule has 2 aromatic carbocycles. The normalized spacial score (nSPS) is 29.2. The molecule has 5 nitrogen and oxygen atoms in total. The van der Waals surface area contributed by atoms with Crippen LogP contribution in [0.5, 0.6) is 0 Å². The smallest absolute Gasteiger partial charge is 0.251 e. The first-order chi connectivity index (χ1) is 15.0. The molecule has 1 amide bonds. The number of hydrogen-bond acceptors (Lipinski definition) is 4. The third-order valence-electron chi connectivity index (χ3n) is 9.02. The molecule has 1 unspecified atom stereocenters. The molecule has 1 aliphatic heterocycles. The van der Waals surface area contributed by atoms with Crippen molar-refractivity contribution >= 4 is 16.7 Å². The SMILES string of the molecule is Cc1ccc(C(=O)NC2C[C@H]3CC[C@@]2(C)C3(C)C)cc1S(O)(O)N1Cc2ccccc2C1. The highest BCUT2D eigenvalue weighted by Gasteiger charge is 2.61. The lowest BCUT2D eigenvalue weighted by Gasteiger charge is -2.41. The van der Waals surface area contributed by atoms with Crippen LogP contribution in [0.4, 0.5) is 0 Å². The van der Waals surface area contributed by atoms with Crippen molar-refractivity contribution in [2.24, 2.45) is 16.7 Å². The molecule has 172 valence electrons. The van der Waals surface area contributed by atoms with E-state index >= 15 is 0 Å². The summed E-state index contributed by atoms with van der Waals surface area (Å²) in [7, 11) is -3.21. The summed E-state index contributed by atoms with van der Waals surface area (Å²) in [6.07, 6.45) is 3.41. The summed E-state index contributed by atoms with van der Waals surface area (Å²) >= 11 is 0. The monoisotopic (exact) mass is 454 g/mol. The van der Waals surface area contributed by atoms with E-state index in [4.69, 9.17) is 0 Å².